The molecule has 0 amide bonds. The lowest BCUT2D eigenvalue weighted by Gasteiger charge is -2.56. The van der Waals surface area contributed by atoms with Gasteiger partial charge in [-0.05, 0) is 119 Å². The Balaban J connectivity index is 1.12. The van der Waals surface area contributed by atoms with Crippen molar-refractivity contribution >= 4 is 0 Å². The van der Waals surface area contributed by atoms with Gasteiger partial charge in [-0.3, -0.25) is 0 Å². The number of hydrogen-bond acceptors (Lipinski definition) is 3. The van der Waals surface area contributed by atoms with Gasteiger partial charge >= 0.3 is 0 Å². The summed E-state index contributed by atoms with van der Waals surface area (Å²) in [6, 6.07) is 4.17. The Bertz CT molecular complexity index is 655. The van der Waals surface area contributed by atoms with Gasteiger partial charge in [-0.25, -0.2) is 4.98 Å². The van der Waals surface area contributed by atoms with Crippen LogP contribution in [0.1, 0.15) is 77.0 Å². The minimum Gasteiger partial charge on any atom is -0.487 e. The van der Waals surface area contributed by atoms with E-state index in [1.54, 1.807) is 0 Å². The van der Waals surface area contributed by atoms with Crippen LogP contribution < -0.4 is 9.47 Å². The molecular weight excluding hydrogens is 346 g/mol. The molecule has 0 radical (unpaired) electrons. The van der Waals surface area contributed by atoms with E-state index in [1.807, 2.05) is 6.20 Å². The van der Waals surface area contributed by atoms with Crippen LogP contribution in [0.4, 0.5) is 0 Å². The van der Waals surface area contributed by atoms with Crippen LogP contribution in [0.5, 0.6) is 11.6 Å². The first-order chi connectivity index (χ1) is 13.6. The summed E-state index contributed by atoms with van der Waals surface area (Å²) < 4.78 is 13.4. The van der Waals surface area contributed by atoms with Gasteiger partial charge in [0, 0.05) is 12.3 Å². The highest BCUT2D eigenvalue weighted by atomic mass is 16.5. The van der Waals surface area contributed by atoms with E-state index < -0.39 is 0 Å². The molecule has 9 rings (SSSR count). The van der Waals surface area contributed by atoms with Crippen molar-refractivity contribution in [2.45, 2.75) is 88.3 Å². The van der Waals surface area contributed by atoms with Crippen molar-refractivity contribution < 1.29 is 9.47 Å². The van der Waals surface area contributed by atoms with E-state index in [0.29, 0.717) is 0 Å². The second-order valence-corrected chi connectivity index (χ2v) is 11.7. The summed E-state index contributed by atoms with van der Waals surface area (Å²) in [6.45, 7) is 0. The first-order valence-electron chi connectivity index (χ1n) is 12.0. The zero-order valence-electron chi connectivity index (χ0n) is 16.9. The maximum absolute atomic E-state index is 6.76. The molecule has 0 atom stereocenters. The molecule has 1 aromatic rings. The van der Waals surface area contributed by atoms with Crippen molar-refractivity contribution in [3.8, 4) is 11.6 Å². The zero-order chi connectivity index (χ0) is 18.3. The third-order valence-electron chi connectivity index (χ3n) is 9.33. The summed E-state index contributed by atoms with van der Waals surface area (Å²) >= 11 is 0. The average Bonchev–Trinajstić information content (AvgIpc) is 2.58. The summed E-state index contributed by atoms with van der Waals surface area (Å²) in [7, 11) is 0. The number of pyridine rings is 1. The lowest BCUT2D eigenvalue weighted by Crippen LogP contribution is -2.54. The van der Waals surface area contributed by atoms with Crippen molar-refractivity contribution in [1.29, 1.82) is 0 Å². The highest BCUT2D eigenvalue weighted by Gasteiger charge is 2.54. The van der Waals surface area contributed by atoms with Gasteiger partial charge in [0.05, 0.1) is 0 Å². The molecule has 8 aliphatic rings. The Morgan fingerprint density at radius 1 is 0.643 bits per heavy atom. The Morgan fingerprint density at radius 2 is 1.07 bits per heavy atom. The predicted molar refractivity (Wildman–Crippen MR) is 107 cm³/mol. The molecule has 3 heteroatoms. The van der Waals surface area contributed by atoms with Gasteiger partial charge in [0.25, 0.3) is 0 Å². The van der Waals surface area contributed by atoms with Crippen LogP contribution in [0.15, 0.2) is 18.3 Å². The molecule has 0 saturated heterocycles. The summed E-state index contributed by atoms with van der Waals surface area (Å²) in [5.41, 5.74) is 0.176. The van der Waals surface area contributed by atoms with E-state index >= 15 is 0 Å². The van der Waals surface area contributed by atoms with Crippen LogP contribution in [0.3, 0.4) is 0 Å². The van der Waals surface area contributed by atoms with Gasteiger partial charge in [-0.15, -0.1) is 0 Å². The van der Waals surface area contributed by atoms with Gasteiger partial charge in [0.15, 0.2) is 0 Å². The number of nitrogens with zero attached hydrogens (tertiary/aromatic N) is 1. The highest BCUT2D eigenvalue weighted by Crippen LogP contribution is 2.58. The quantitative estimate of drug-likeness (QED) is 0.665. The molecule has 8 bridgehead atoms. The average molecular weight is 380 g/mol. The monoisotopic (exact) mass is 379 g/mol. The van der Waals surface area contributed by atoms with Crippen molar-refractivity contribution in [1.82, 2.24) is 4.98 Å². The van der Waals surface area contributed by atoms with E-state index in [2.05, 4.69) is 17.1 Å². The van der Waals surface area contributed by atoms with Crippen LogP contribution in [0, 0.1) is 35.5 Å². The molecule has 8 aliphatic carbocycles. The number of ether oxygens (including phenoxy) is 2. The Hall–Kier alpha value is -1.25. The number of aromatic nitrogens is 1. The Labute approximate surface area is 168 Å². The topological polar surface area (TPSA) is 31.4 Å². The molecule has 0 spiro atoms. The largest absolute Gasteiger partial charge is 0.487 e. The molecule has 1 aromatic heterocycles. The number of hydrogen-bond donors (Lipinski definition) is 0. The maximum atomic E-state index is 6.76. The molecule has 8 fully saturated rings. The molecular formula is C25H33NO2. The van der Waals surface area contributed by atoms with Crippen LogP contribution in [0.25, 0.3) is 0 Å². The second kappa shape index (κ2) is 5.67. The van der Waals surface area contributed by atoms with Gasteiger partial charge in [-0.2, -0.15) is 0 Å². The first kappa shape index (κ1) is 16.5. The molecule has 28 heavy (non-hydrogen) atoms. The molecule has 8 saturated carbocycles. The molecule has 150 valence electrons. The Morgan fingerprint density at radius 3 is 1.54 bits per heavy atom. The molecule has 0 N–H and O–H groups in total. The van der Waals surface area contributed by atoms with E-state index in [9.17, 15) is 0 Å². The smallest absolute Gasteiger partial charge is 0.217 e. The van der Waals surface area contributed by atoms with Crippen LogP contribution in [-0.2, 0) is 0 Å². The second-order valence-electron chi connectivity index (χ2n) is 11.7. The van der Waals surface area contributed by atoms with E-state index in [-0.39, 0.29) is 11.2 Å². The maximum Gasteiger partial charge on any atom is 0.217 e. The predicted octanol–water partition coefficient (Wildman–Crippen LogP) is 5.78. The number of rotatable bonds is 4. The molecule has 0 aliphatic heterocycles. The summed E-state index contributed by atoms with van der Waals surface area (Å²) in [5, 5.41) is 0. The lowest BCUT2D eigenvalue weighted by atomic mass is 9.54. The molecule has 0 aromatic carbocycles. The van der Waals surface area contributed by atoms with E-state index in [4.69, 9.17) is 9.47 Å². The third kappa shape index (κ3) is 2.64. The van der Waals surface area contributed by atoms with E-state index in [0.717, 1.165) is 47.1 Å². The van der Waals surface area contributed by atoms with Crippen molar-refractivity contribution in [3.63, 3.8) is 0 Å². The summed E-state index contributed by atoms with van der Waals surface area (Å²) in [6.07, 6.45) is 18.2. The molecule has 0 unspecified atom stereocenters. The fourth-order valence-corrected chi connectivity index (χ4v) is 9.29. The Kier molecular flexibility index (Phi) is 3.35. The van der Waals surface area contributed by atoms with Crippen LogP contribution in [0.2, 0.25) is 0 Å². The van der Waals surface area contributed by atoms with Gasteiger partial charge in [0.1, 0.15) is 17.0 Å². The fourth-order valence-electron chi connectivity index (χ4n) is 9.29. The third-order valence-corrected chi connectivity index (χ3v) is 9.33. The molecule has 1 heterocycles. The SMILES string of the molecule is c1cc(OC23CC4CC(CC(C4)C2)C3)cc(OC23CC4CC(CC(C4)C2)C3)n1. The minimum atomic E-state index is 0.0705. The first-order valence-corrected chi connectivity index (χ1v) is 12.0. The van der Waals surface area contributed by atoms with Crippen molar-refractivity contribution in [3.05, 3.63) is 18.3 Å². The van der Waals surface area contributed by atoms with Crippen molar-refractivity contribution in [2.75, 3.05) is 0 Å². The fraction of sp³-hybridized carbons (Fsp3) is 0.800. The minimum absolute atomic E-state index is 0.0705. The van der Waals surface area contributed by atoms with E-state index in [1.165, 1.54) is 77.0 Å². The standard InChI is InChI=1S/C25H33NO2/c1-2-26-23(28-25-13-19-6-20(14-25)8-21(7-19)15-25)9-22(1)27-24-10-16-3-17(11-24)5-18(4-16)12-24/h1-2,9,16-21H,3-8,10-15H2. The van der Waals surface area contributed by atoms with Gasteiger partial charge in [0.2, 0.25) is 5.88 Å². The highest BCUT2D eigenvalue weighted by molar-refractivity contribution is 5.28. The van der Waals surface area contributed by atoms with Gasteiger partial charge < -0.3 is 9.47 Å². The van der Waals surface area contributed by atoms with Crippen LogP contribution >= 0.6 is 0 Å². The summed E-state index contributed by atoms with van der Waals surface area (Å²) in [4.78, 5) is 4.61. The molecule has 3 nitrogen and oxygen atoms in total. The van der Waals surface area contributed by atoms with Crippen LogP contribution in [-0.4, -0.2) is 16.2 Å². The lowest BCUT2D eigenvalue weighted by molar-refractivity contribution is -0.111. The normalized spacial score (nSPS) is 50.1. The van der Waals surface area contributed by atoms with Gasteiger partial charge in [-0.1, -0.05) is 0 Å². The van der Waals surface area contributed by atoms with Crippen molar-refractivity contribution in [2.24, 2.45) is 35.5 Å². The zero-order valence-corrected chi connectivity index (χ0v) is 16.9. The summed E-state index contributed by atoms with van der Waals surface area (Å²) in [5.74, 6) is 7.25.